The van der Waals surface area contributed by atoms with Crippen LogP contribution in [0.15, 0.2) is 133 Å². The molecule has 1 aliphatic rings. The number of para-hydroxylation sites is 1. The maximum Gasteiger partial charge on any atom is 0.145 e. The van der Waals surface area contributed by atoms with E-state index in [9.17, 15) is 6.85 Å². The molecule has 0 spiro atoms. The Morgan fingerprint density at radius 2 is 1.47 bits per heavy atom. The highest BCUT2D eigenvalue weighted by molar-refractivity contribution is 7.26. The average molecular weight is 662 g/mol. The zero-order chi connectivity index (χ0) is 43.7. The van der Waals surface area contributed by atoms with Crippen LogP contribution in [-0.2, 0) is 5.41 Å². The Labute approximate surface area is 303 Å². The van der Waals surface area contributed by atoms with Gasteiger partial charge in [0.2, 0.25) is 0 Å². The van der Waals surface area contributed by atoms with Crippen molar-refractivity contribution < 1.29 is 22.6 Å². The van der Waals surface area contributed by atoms with Crippen molar-refractivity contribution in [3.8, 4) is 23.0 Å². The topological polar surface area (TPSA) is 44.9 Å². The summed E-state index contributed by atoms with van der Waals surface area (Å²) in [5.41, 5.74) is 1.49. The summed E-state index contributed by atoms with van der Waals surface area (Å²) in [7, 11) is 0. The number of benzene rings is 5. The van der Waals surface area contributed by atoms with Crippen LogP contribution in [0.25, 0.3) is 75.4 Å². The number of nitrogens with zero attached hydrogens (tertiary/aromatic N) is 4. The zero-order valence-corrected chi connectivity index (χ0v) is 26.6. The fourth-order valence-electron chi connectivity index (χ4n) is 7.28. The van der Waals surface area contributed by atoms with E-state index in [1.54, 1.807) is 57.9 Å². The van der Waals surface area contributed by atoms with E-state index in [0.29, 0.717) is 44.6 Å². The molecule has 6 heterocycles. The summed E-state index contributed by atoms with van der Waals surface area (Å²) in [6, 6.07) is 7.70. The molecule has 11 rings (SSSR count). The first-order valence-corrected chi connectivity index (χ1v) is 16.3. The lowest BCUT2D eigenvalue weighted by molar-refractivity contribution is 0.482. The normalized spacial score (nSPS) is 17.4. The van der Waals surface area contributed by atoms with Crippen LogP contribution >= 0.6 is 11.3 Å². The molecule has 0 saturated heterocycles. The van der Waals surface area contributed by atoms with Gasteiger partial charge in [-0.05, 0) is 65.6 Å². The van der Waals surface area contributed by atoms with Crippen LogP contribution in [0, 0.1) is 0 Å². The maximum atomic E-state index is 9.46. The summed E-state index contributed by atoms with van der Waals surface area (Å²) in [4.78, 5) is 9.24. The van der Waals surface area contributed by atoms with Crippen molar-refractivity contribution in [1.82, 2.24) is 19.1 Å². The minimum absolute atomic E-state index is 0.109. The van der Waals surface area contributed by atoms with E-state index in [1.807, 2.05) is 13.8 Å². The SMILES string of the molecule is [2H]c1c(Oc2cc3c(c([2H])c2[2H])c2c([2H])c([2H])c4sc5c([2H])c([2H])c([2H])c([2H])c5c4c2n3-c2ccccn2)cc2c(c1[2H])C(C)(C)c1c([2H])c([2H])c([2H])c3c4cccnc4n-2c13. The van der Waals surface area contributed by atoms with Gasteiger partial charge in [0, 0.05) is 71.7 Å². The smallest absolute Gasteiger partial charge is 0.145 e. The molecule has 6 heteroatoms. The molecule has 0 unspecified atom stereocenters. The highest BCUT2D eigenvalue weighted by atomic mass is 32.1. The molecule has 0 atom stereocenters. The van der Waals surface area contributed by atoms with Gasteiger partial charge in [0.05, 0.1) is 40.1 Å². The van der Waals surface area contributed by atoms with Gasteiger partial charge in [-0.1, -0.05) is 68.3 Å². The molecular weight excluding hydrogens is 621 g/mol. The first kappa shape index (κ1) is 17.4. The van der Waals surface area contributed by atoms with Crippen molar-refractivity contribution in [3.63, 3.8) is 0 Å². The van der Waals surface area contributed by atoms with Gasteiger partial charge in [0.25, 0.3) is 0 Å². The van der Waals surface area contributed by atoms with Crippen LogP contribution in [0.4, 0.5) is 0 Å². The quantitative estimate of drug-likeness (QED) is 0.189. The van der Waals surface area contributed by atoms with E-state index in [0.717, 1.165) is 11.3 Å². The number of ether oxygens (including phenoxy) is 1. The molecule has 5 aromatic carbocycles. The number of pyridine rings is 2. The van der Waals surface area contributed by atoms with Crippen LogP contribution in [0.3, 0.4) is 0 Å². The van der Waals surface area contributed by atoms with Crippen molar-refractivity contribution >= 4 is 75.3 Å². The molecule has 5 nitrogen and oxygen atoms in total. The third-order valence-corrected chi connectivity index (χ3v) is 10.4. The van der Waals surface area contributed by atoms with Gasteiger partial charge in [-0.3, -0.25) is 9.13 Å². The molecule has 5 aromatic heterocycles. The number of aromatic nitrogens is 4. The largest absolute Gasteiger partial charge is 0.457 e. The van der Waals surface area contributed by atoms with Crippen molar-refractivity contribution in [2.24, 2.45) is 0 Å². The fraction of sp³-hybridized carbons (Fsp3) is 0.0698. The zero-order valence-electron chi connectivity index (χ0n) is 38.8. The summed E-state index contributed by atoms with van der Waals surface area (Å²) in [6.07, 6.45) is 3.13. The van der Waals surface area contributed by atoms with Crippen LogP contribution < -0.4 is 4.74 Å². The van der Waals surface area contributed by atoms with Crippen molar-refractivity contribution in [2.75, 3.05) is 0 Å². The Balaban J connectivity index is 1.23. The fourth-order valence-corrected chi connectivity index (χ4v) is 8.25. The van der Waals surface area contributed by atoms with Gasteiger partial charge in [0.15, 0.2) is 0 Å². The van der Waals surface area contributed by atoms with Crippen LogP contribution in [0.2, 0.25) is 0 Å². The number of fused-ring (bicyclic) bond motifs is 12. The predicted octanol–water partition coefficient (Wildman–Crippen LogP) is 11.5. The monoisotopic (exact) mass is 661 g/mol. The van der Waals surface area contributed by atoms with Crippen molar-refractivity contribution in [3.05, 3.63) is 145 Å². The predicted molar refractivity (Wildman–Crippen MR) is 202 cm³/mol. The number of rotatable bonds is 3. The van der Waals surface area contributed by atoms with Gasteiger partial charge in [-0.15, -0.1) is 11.3 Å². The Morgan fingerprint density at radius 1 is 0.653 bits per heavy atom. The van der Waals surface area contributed by atoms with Gasteiger partial charge < -0.3 is 4.74 Å². The van der Waals surface area contributed by atoms with Crippen molar-refractivity contribution in [2.45, 2.75) is 19.3 Å². The van der Waals surface area contributed by atoms with E-state index < -0.39 is 23.5 Å². The average Bonchev–Trinajstić information content (AvgIpc) is 3.92. The highest BCUT2D eigenvalue weighted by Gasteiger charge is 2.35. The van der Waals surface area contributed by atoms with Gasteiger partial charge in [-0.2, -0.15) is 0 Å². The molecule has 0 aliphatic carbocycles. The number of hydrogen-bond donors (Lipinski definition) is 0. The first-order chi connectivity index (χ1) is 29.5. The summed E-state index contributed by atoms with van der Waals surface area (Å²) in [6.45, 7) is 3.63. The van der Waals surface area contributed by atoms with Crippen molar-refractivity contribution in [1.29, 1.82) is 0 Å². The van der Waals surface area contributed by atoms with Gasteiger partial charge >= 0.3 is 0 Å². The molecule has 1 aliphatic heterocycles. The minimum Gasteiger partial charge on any atom is -0.457 e. The molecule has 0 saturated carbocycles. The van der Waals surface area contributed by atoms with E-state index in [-0.39, 0.29) is 114 Å². The van der Waals surface area contributed by atoms with Crippen LogP contribution in [0.5, 0.6) is 11.5 Å². The molecule has 0 N–H and O–H groups in total. The first-order valence-electron chi connectivity index (χ1n) is 22.0. The molecule has 49 heavy (non-hydrogen) atoms. The lowest BCUT2D eigenvalue weighted by Crippen LogP contribution is -2.26. The Bertz CT molecular complexity index is 3750. The van der Waals surface area contributed by atoms with Gasteiger partial charge in [0.1, 0.15) is 23.0 Å². The van der Waals surface area contributed by atoms with E-state index >= 15 is 0 Å². The summed E-state index contributed by atoms with van der Waals surface area (Å²) in [5, 5.41) is 1.65. The van der Waals surface area contributed by atoms with Crippen LogP contribution in [0.1, 0.15) is 42.8 Å². The van der Waals surface area contributed by atoms with Gasteiger partial charge in [-0.25, -0.2) is 9.97 Å². The maximum absolute atomic E-state index is 9.46. The Morgan fingerprint density at radius 3 is 2.39 bits per heavy atom. The highest BCUT2D eigenvalue weighted by Crippen LogP contribution is 2.48. The second-order valence-corrected chi connectivity index (χ2v) is 13.5. The molecule has 0 amide bonds. The number of thiophene rings is 1. The lowest BCUT2D eigenvalue weighted by atomic mass is 9.74. The molecule has 232 valence electrons. The third-order valence-electron chi connectivity index (χ3n) is 9.42. The van der Waals surface area contributed by atoms with E-state index in [4.69, 9.17) is 15.7 Å². The second kappa shape index (κ2) is 9.56. The molecule has 10 aromatic rings. The Kier molecular flexibility index (Phi) is 3.40. The molecule has 0 fully saturated rings. The summed E-state index contributed by atoms with van der Waals surface area (Å²) < 4.78 is 127. The van der Waals surface area contributed by atoms with Crippen LogP contribution in [-0.4, -0.2) is 19.1 Å². The Hall–Kier alpha value is -5.98. The molecule has 0 bridgehead atoms. The standard InChI is InChI=1S/C43H28N4OS/c1-43(2)32-19-16-26(24-35(32)47-40-28(10-7-12-33(40)43)30-11-8-22-45-42(30)47)48-25-15-17-27-29-18-20-37-39(31-9-3-4-13-36(31)49-37)41(29)46(34(27)23-25)38-14-5-6-21-44-38/h3-24H,1-2H3/i3D,4D,7D,9D,10D,12D,13D,15D,16D,17D,18D,19D,20D. The van der Waals surface area contributed by atoms with E-state index in [2.05, 4.69) is 9.97 Å². The summed E-state index contributed by atoms with van der Waals surface area (Å²) >= 11 is 0.983. The summed E-state index contributed by atoms with van der Waals surface area (Å²) in [5.74, 6) is -0.0103. The molecular formula is C43H28N4OS. The molecule has 0 radical (unpaired) electrons. The minimum atomic E-state index is -1.09. The second-order valence-electron chi connectivity index (χ2n) is 12.5. The number of hydrogen-bond acceptors (Lipinski definition) is 4. The third kappa shape index (κ3) is 3.58. The van der Waals surface area contributed by atoms with E-state index in [1.165, 1.54) is 6.07 Å². The lowest BCUT2D eigenvalue weighted by Gasteiger charge is -2.34.